The number of rotatable bonds is 8. The lowest BCUT2D eigenvalue weighted by Crippen LogP contribution is -2.59. The molecule has 0 rings (SSSR count). The van der Waals surface area contributed by atoms with Gasteiger partial charge in [-0.2, -0.15) is 0 Å². The van der Waals surface area contributed by atoms with E-state index >= 15 is 0 Å². The van der Waals surface area contributed by atoms with Crippen LogP contribution in [0.2, 0.25) is 45.3 Å². The van der Waals surface area contributed by atoms with E-state index in [-0.39, 0.29) is 5.67 Å². The third-order valence-electron chi connectivity index (χ3n) is 3.11. The summed E-state index contributed by atoms with van der Waals surface area (Å²) in [6.45, 7) is 15.9. The van der Waals surface area contributed by atoms with Crippen LogP contribution in [0.4, 0.5) is 0 Å². The Hall–Kier alpha value is 0.491. The number of nitrogens with two attached hydrogens (primary N) is 2. The second-order valence-corrected chi connectivity index (χ2v) is 18.9. The van der Waals surface area contributed by atoms with Gasteiger partial charge in [-0.15, -0.1) is 0 Å². The largest absolute Gasteiger partial charge is 0.436 e. The molecule has 7 heteroatoms. The maximum Gasteiger partial charge on any atom is 0.311 e. The molecule has 0 aliphatic carbocycles. The maximum absolute atomic E-state index is 6.38. The molecule has 0 saturated carbocycles. The summed E-state index contributed by atoms with van der Waals surface area (Å²) in [5.41, 5.74) is 12.0. The molecule has 0 aromatic rings. The van der Waals surface area contributed by atoms with Crippen LogP contribution in [0.5, 0.6) is 0 Å². The molecular weight excluding hydrogens is 276 g/mol. The molecule has 4 N–H and O–H groups in total. The Kier molecular flexibility index (Phi) is 6.96. The standard InChI is InChI=1S/C11H32N2O2Si3/c1-8-11(13)17(4,5)15-18(6,7)14-16(2,3)10-9-12/h11H,8-10,12-13H2,1-7H3. The van der Waals surface area contributed by atoms with Crippen LogP contribution in [0, 0.1) is 0 Å². The minimum Gasteiger partial charge on any atom is -0.436 e. The smallest absolute Gasteiger partial charge is 0.311 e. The summed E-state index contributed by atoms with van der Waals surface area (Å²) in [5, 5.41) is 0. The van der Waals surface area contributed by atoms with Crippen molar-refractivity contribution in [1.29, 1.82) is 0 Å². The molecule has 4 nitrogen and oxygen atoms in total. The van der Waals surface area contributed by atoms with Gasteiger partial charge in [0.1, 0.15) is 0 Å². The van der Waals surface area contributed by atoms with Gasteiger partial charge < -0.3 is 19.7 Å². The quantitative estimate of drug-likeness (QED) is 0.675. The molecule has 18 heavy (non-hydrogen) atoms. The SMILES string of the molecule is CCC(N)[Si](C)(C)O[Si](C)(C)O[Si](C)(C)CCN. The minimum absolute atomic E-state index is 0.173. The lowest BCUT2D eigenvalue weighted by molar-refractivity contribution is 0.381. The van der Waals surface area contributed by atoms with Crippen LogP contribution in [0.25, 0.3) is 0 Å². The molecule has 0 aliphatic heterocycles. The van der Waals surface area contributed by atoms with Gasteiger partial charge in [-0.25, -0.2) is 0 Å². The molecular formula is C11H32N2O2Si3. The normalized spacial score (nSPS) is 15.8. The van der Waals surface area contributed by atoms with Crippen LogP contribution < -0.4 is 11.5 Å². The average Bonchev–Trinajstić information content (AvgIpc) is 2.12. The van der Waals surface area contributed by atoms with Crippen molar-refractivity contribution in [3.8, 4) is 0 Å². The van der Waals surface area contributed by atoms with Gasteiger partial charge >= 0.3 is 8.56 Å². The van der Waals surface area contributed by atoms with E-state index in [0.717, 1.165) is 12.5 Å². The fraction of sp³-hybridized carbons (Fsp3) is 1.00. The Balaban J connectivity index is 4.65. The molecule has 0 aliphatic rings. The summed E-state index contributed by atoms with van der Waals surface area (Å²) in [6.07, 6.45) is 0.966. The van der Waals surface area contributed by atoms with Gasteiger partial charge in [0, 0.05) is 5.67 Å². The molecule has 1 atom stereocenters. The Bertz CT molecular complexity index is 261. The fourth-order valence-electron chi connectivity index (χ4n) is 2.29. The molecule has 0 aromatic heterocycles. The Morgan fingerprint density at radius 1 is 1.00 bits per heavy atom. The van der Waals surface area contributed by atoms with Crippen LogP contribution in [0.3, 0.4) is 0 Å². The first kappa shape index (κ1) is 18.5. The van der Waals surface area contributed by atoms with Crippen molar-refractivity contribution in [2.24, 2.45) is 11.5 Å². The first-order valence-corrected chi connectivity index (χ1v) is 15.7. The van der Waals surface area contributed by atoms with Gasteiger partial charge in [0.15, 0.2) is 16.6 Å². The zero-order chi connectivity index (χ0) is 14.6. The van der Waals surface area contributed by atoms with E-state index in [1.165, 1.54) is 0 Å². The van der Waals surface area contributed by atoms with Crippen molar-refractivity contribution in [3.05, 3.63) is 0 Å². The third kappa shape index (κ3) is 6.60. The summed E-state index contributed by atoms with van der Waals surface area (Å²) < 4.78 is 12.7. The summed E-state index contributed by atoms with van der Waals surface area (Å²) in [7, 11) is -5.65. The second kappa shape index (κ2) is 6.78. The summed E-state index contributed by atoms with van der Waals surface area (Å²) in [4.78, 5) is 0. The van der Waals surface area contributed by atoms with E-state index in [2.05, 4.69) is 46.2 Å². The molecule has 0 bridgehead atoms. The third-order valence-corrected chi connectivity index (χ3v) is 15.0. The summed E-state index contributed by atoms with van der Waals surface area (Å²) >= 11 is 0. The highest BCUT2D eigenvalue weighted by atomic mass is 28.5. The zero-order valence-electron chi connectivity index (χ0n) is 13.2. The molecule has 0 radical (unpaired) electrons. The van der Waals surface area contributed by atoms with Crippen LogP contribution in [0.15, 0.2) is 0 Å². The van der Waals surface area contributed by atoms with Gasteiger partial charge in [0.2, 0.25) is 0 Å². The average molecular weight is 309 g/mol. The predicted molar refractivity (Wildman–Crippen MR) is 86.7 cm³/mol. The van der Waals surface area contributed by atoms with Crippen LogP contribution in [0.1, 0.15) is 13.3 Å². The topological polar surface area (TPSA) is 70.5 Å². The van der Waals surface area contributed by atoms with Crippen molar-refractivity contribution in [1.82, 2.24) is 0 Å². The van der Waals surface area contributed by atoms with Gasteiger partial charge in [-0.3, -0.25) is 0 Å². The van der Waals surface area contributed by atoms with Crippen LogP contribution in [-0.2, 0) is 8.23 Å². The van der Waals surface area contributed by atoms with E-state index in [0.29, 0.717) is 6.54 Å². The lowest BCUT2D eigenvalue weighted by atomic mass is 10.5. The van der Waals surface area contributed by atoms with Crippen molar-refractivity contribution in [2.45, 2.75) is 64.3 Å². The monoisotopic (exact) mass is 308 g/mol. The minimum atomic E-state index is -2.10. The molecule has 0 saturated heterocycles. The first-order valence-electron chi connectivity index (χ1n) is 6.82. The molecule has 0 spiro atoms. The fourth-order valence-corrected chi connectivity index (χ4v) is 15.9. The predicted octanol–water partition coefficient (Wildman–Crippen LogP) is 2.37. The van der Waals surface area contributed by atoms with E-state index in [1.54, 1.807) is 0 Å². The van der Waals surface area contributed by atoms with Gasteiger partial charge in [-0.05, 0) is 58.3 Å². The van der Waals surface area contributed by atoms with Crippen molar-refractivity contribution < 1.29 is 8.23 Å². The van der Waals surface area contributed by atoms with E-state index in [9.17, 15) is 0 Å². The molecule has 0 heterocycles. The van der Waals surface area contributed by atoms with Gasteiger partial charge in [-0.1, -0.05) is 6.92 Å². The van der Waals surface area contributed by atoms with Crippen molar-refractivity contribution in [2.75, 3.05) is 6.54 Å². The van der Waals surface area contributed by atoms with Crippen molar-refractivity contribution in [3.63, 3.8) is 0 Å². The van der Waals surface area contributed by atoms with Crippen LogP contribution >= 0.6 is 0 Å². The molecule has 1 unspecified atom stereocenters. The molecule has 0 aromatic carbocycles. The summed E-state index contributed by atoms with van der Waals surface area (Å²) in [6, 6.07) is 0.981. The molecule has 0 amide bonds. The number of hydrogen-bond donors (Lipinski definition) is 2. The lowest BCUT2D eigenvalue weighted by Gasteiger charge is -2.40. The molecule has 110 valence electrons. The van der Waals surface area contributed by atoms with Crippen molar-refractivity contribution >= 4 is 25.2 Å². The Labute approximate surface area is 116 Å². The Morgan fingerprint density at radius 2 is 1.50 bits per heavy atom. The molecule has 0 fully saturated rings. The van der Waals surface area contributed by atoms with E-state index in [4.69, 9.17) is 19.7 Å². The number of hydrogen-bond acceptors (Lipinski definition) is 4. The zero-order valence-corrected chi connectivity index (χ0v) is 16.2. The van der Waals surface area contributed by atoms with Crippen LogP contribution in [-0.4, -0.2) is 37.4 Å². The maximum atomic E-state index is 6.38. The van der Waals surface area contributed by atoms with E-state index in [1.807, 2.05) is 0 Å². The highest BCUT2D eigenvalue weighted by Crippen LogP contribution is 2.24. The van der Waals surface area contributed by atoms with Gasteiger partial charge in [0.05, 0.1) is 0 Å². The Morgan fingerprint density at radius 3 is 1.89 bits per heavy atom. The highest BCUT2D eigenvalue weighted by Gasteiger charge is 2.41. The van der Waals surface area contributed by atoms with E-state index < -0.39 is 25.2 Å². The first-order chi connectivity index (χ1) is 7.96. The second-order valence-electron chi connectivity index (χ2n) is 6.52. The van der Waals surface area contributed by atoms with Gasteiger partial charge in [0.25, 0.3) is 0 Å². The summed E-state index contributed by atoms with van der Waals surface area (Å²) in [5.74, 6) is 0. The highest BCUT2D eigenvalue weighted by molar-refractivity contribution is 6.88.